The molecule has 0 saturated carbocycles. The molecule has 3 rings (SSSR count). The molecule has 0 unspecified atom stereocenters. The van der Waals surface area contributed by atoms with Gasteiger partial charge in [0.05, 0.1) is 29.6 Å². The summed E-state index contributed by atoms with van der Waals surface area (Å²) in [6.07, 6.45) is 1.57. The van der Waals surface area contributed by atoms with Gasteiger partial charge in [0, 0.05) is 5.56 Å². The van der Waals surface area contributed by atoms with Gasteiger partial charge in [-0.3, -0.25) is 4.79 Å². The van der Waals surface area contributed by atoms with Crippen molar-refractivity contribution in [3.8, 4) is 23.0 Å². The van der Waals surface area contributed by atoms with Gasteiger partial charge in [-0.1, -0.05) is 30.3 Å². The summed E-state index contributed by atoms with van der Waals surface area (Å²) in [4.78, 5) is 12.7. The van der Waals surface area contributed by atoms with Gasteiger partial charge in [-0.15, -0.1) is 0 Å². The minimum absolute atomic E-state index is 0.359. The molecule has 0 aromatic heterocycles. The molecule has 0 fully saturated rings. The first-order chi connectivity index (χ1) is 17.0. The molecule has 1 amide bonds. The summed E-state index contributed by atoms with van der Waals surface area (Å²) in [5, 5.41) is 4.11. The predicted octanol–water partition coefficient (Wildman–Crippen LogP) is 5.83. The van der Waals surface area contributed by atoms with Gasteiger partial charge in [-0.25, -0.2) is 5.43 Å². The van der Waals surface area contributed by atoms with E-state index in [0.717, 1.165) is 14.7 Å². The average Bonchev–Trinajstić information content (AvgIpc) is 2.86. The third-order valence-electron chi connectivity index (χ3n) is 4.74. The molecule has 3 aromatic rings. The highest BCUT2D eigenvalue weighted by Gasteiger charge is 2.13. The lowest BCUT2D eigenvalue weighted by molar-refractivity contribution is 0.0954. The lowest BCUT2D eigenvalue weighted by Gasteiger charge is -2.13. The number of amides is 1. The molecular formula is C27H29IN2O5. The third-order valence-corrected chi connectivity index (χ3v) is 5.54. The molecule has 0 aliphatic carbocycles. The number of rotatable bonds is 12. The van der Waals surface area contributed by atoms with Gasteiger partial charge in [0.15, 0.2) is 23.0 Å². The van der Waals surface area contributed by atoms with Gasteiger partial charge >= 0.3 is 0 Å². The first kappa shape index (κ1) is 26.3. The Morgan fingerprint density at radius 1 is 0.857 bits per heavy atom. The van der Waals surface area contributed by atoms with Crippen molar-refractivity contribution in [1.29, 1.82) is 0 Å². The fourth-order valence-electron chi connectivity index (χ4n) is 3.21. The van der Waals surface area contributed by atoms with Crippen LogP contribution < -0.4 is 24.4 Å². The van der Waals surface area contributed by atoms with Crippen molar-refractivity contribution >= 4 is 34.7 Å². The second kappa shape index (κ2) is 13.6. The van der Waals surface area contributed by atoms with Crippen LogP contribution in [0, 0.1) is 3.57 Å². The number of carbonyl (C=O) groups excluding carboxylic acids is 1. The van der Waals surface area contributed by atoms with Crippen LogP contribution in [0.1, 0.15) is 42.3 Å². The van der Waals surface area contributed by atoms with Crippen LogP contribution in [0.4, 0.5) is 0 Å². The van der Waals surface area contributed by atoms with E-state index >= 15 is 0 Å². The Morgan fingerprint density at radius 2 is 1.57 bits per heavy atom. The molecule has 0 radical (unpaired) electrons. The molecule has 0 spiro atoms. The minimum atomic E-state index is -0.359. The van der Waals surface area contributed by atoms with Crippen molar-refractivity contribution in [2.45, 2.75) is 27.4 Å². The van der Waals surface area contributed by atoms with E-state index in [-0.39, 0.29) is 5.91 Å². The second-order valence-corrected chi connectivity index (χ2v) is 8.43. The second-order valence-electron chi connectivity index (χ2n) is 7.26. The molecule has 0 saturated heterocycles. The smallest absolute Gasteiger partial charge is 0.271 e. The first-order valence-electron chi connectivity index (χ1n) is 11.4. The van der Waals surface area contributed by atoms with Gasteiger partial charge < -0.3 is 18.9 Å². The van der Waals surface area contributed by atoms with E-state index in [9.17, 15) is 4.79 Å². The Hall–Kier alpha value is -3.27. The lowest BCUT2D eigenvalue weighted by Crippen LogP contribution is -2.17. The number of benzene rings is 3. The molecule has 184 valence electrons. The van der Waals surface area contributed by atoms with Crippen molar-refractivity contribution < 1.29 is 23.7 Å². The number of nitrogens with one attached hydrogen (secondary N) is 1. The van der Waals surface area contributed by atoms with Crippen LogP contribution >= 0.6 is 22.6 Å². The van der Waals surface area contributed by atoms with Crippen molar-refractivity contribution in [2.24, 2.45) is 5.10 Å². The summed E-state index contributed by atoms with van der Waals surface area (Å²) in [6.45, 7) is 7.63. The molecule has 0 bridgehead atoms. The topological polar surface area (TPSA) is 78.4 Å². The molecule has 1 N–H and O–H groups in total. The van der Waals surface area contributed by atoms with Gasteiger partial charge in [-0.2, -0.15) is 5.10 Å². The Bertz CT molecular complexity index is 1150. The van der Waals surface area contributed by atoms with Crippen molar-refractivity contribution in [3.63, 3.8) is 0 Å². The molecule has 0 atom stereocenters. The van der Waals surface area contributed by atoms with E-state index in [1.165, 1.54) is 0 Å². The predicted molar refractivity (Wildman–Crippen MR) is 145 cm³/mol. The summed E-state index contributed by atoms with van der Waals surface area (Å²) in [6, 6.07) is 18.7. The Balaban J connectivity index is 1.69. The maximum absolute atomic E-state index is 12.7. The van der Waals surface area contributed by atoms with Gasteiger partial charge in [-0.05, 0) is 84.8 Å². The summed E-state index contributed by atoms with van der Waals surface area (Å²) in [5.41, 5.74) is 4.80. The molecule has 0 aliphatic rings. The summed E-state index contributed by atoms with van der Waals surface area (Å²) in [7, 11) is 0. The highest BCUT2D eigenvalue weighted by molar-refractivity contribution is 14.1. The van der Waals surface area contributed by atoms with E-state index in [4.69, 9.17) is 18.9 Å². The fourth-order valence-corrected chi connectivity index (χ4v) is 3.99. The fraction of sp³-hybridized carbons (Fsp3) is 0.259. The Kier molecular flexibility index (Phi) is 10.2. The zero-order valence-electron chi connectivity index (χ0n) is 20.0. The van der Waals surface area contributed by atoms with Crippen molar-refractivity contribution in [3.05, 3.63) is 80.9 Å². The van der Waals surface area contributed by atoms with Crippen LogP contribution in [-0.2, 0) is 6.61 Å². The van der Waals surface area contributed by atoms with E-state index in [1.54, 1.807) is 24.4 Å². The minimum Gasteiger partial charge on any atom is -0.490 e. The first-order valence-corrected chi connectivity index (χ1v) is 12.5. The molecular weight excluding hydrogens is 559 g/mol. The standard InChI is InChI=1S/C27H29IN2O5/c1-4-32-24-16-21(12-13-23(24)35-18-19-10-8-7-9-11-19)27(31)30-29-17-20-14-22(28)26(34-6-3)25(15-20)33-5-2/h7-17H,4-6,18H2,1-3H3,(H,30,31)/b29-17+. The number of hydrazone groups is 1. The van der Waals surface area contributed by atoms with E-state index < -0.39 is 0 Å². The maximum Gasteiger partial charge on any atom is 0.271 e. The molecule has 7 nitrogen and oxygen atoms in total. The Morgan fingerprint density at radius 3 is 2.29 bits per heavy atom. The average molecular weight is 588 g/mol. The summed E-state index contributed by atoms with van der Waals surface area (Å²) in [5.74, 6) is 2.06. The number of ether oxygens (including phenoxy) is 4. The number of carbonyl (C=O) groups is 1. The monoisotopic (exact) mass is 588 g/mol. The van der Waals surface area contributed by atoms with E-state index in [2.05, 4.69) is 33.1 Å². The molecule has 3 aromatic carbocycles. The van der Waals surface area contributed by atoms with Crippen LogP contribution in [0.15, 0.2) is 65.8 Å². The van der Waals surface area contributed by atoms with Crippen LogP contribution in [-0.4, -0.2) is 31.9 Å². The van der Waals surface area contributed by atoms with Crippen LogP contribution in [0.3, 0.4) is 0 Å². The maximum atomic E-state index is 12.7. The van der Waals surface area contributed by atoms with Crippen LogP contribution in [0.5, 0.6) is 23.0 Å². The summed E-state index contributed by atoms with van der Waals surface area (Å²) >= 11 is 2.19. The van der Waals surface area contributed by atoms with Gasteiger partial charge in [0.2, 0.25) is 0 Å². The number of halogens is 1. The molecule has 35 heavy (non-hydrogen) atoms. The number of hydrogen-bond donors (Lipinski definition) is 1. The van der Waals surface area contributed by atoms with Crippen molar-refractivity contribution in [2.75, 3.05) is 19.8 Å². The zero-order chi connectivity index (χ0) is 25.0. The van der Waals surface area contributed by atoms with Crippen molar-refractivity contribution in [1.82, 2.24) is 5.43 Å². The summed E-state index contributed by atoms with van der Waals surface area (Å²) < 4.78 is 23.9. The number of hydrogen-bond acceptors (Lipinski definition) is 6. The zero-order valence-corrected chi connectivity index (χ0v) is 22.2. The Labute approximate surface area is 219 Å². The van der Waals surface area contributed by atoms with Crippen LogP contribution in [0.2, 0.25) is 0 Å². The largest absolute Gasteiger partial charge is 0.490 e. The van der Waals surface area contributed by atoms with Gasteiger partial charge in [0.25, 0.3) is 5.91 Å². The SMILES string of the molecule is CCOc1cc(C(=O)N/N=C/c2cc(I)c(OCC)c(OCC)c2)ccc1OCc1ccccc1. The highest BCUT2D eigenvalue weighted by atomic mass is 127. The molecule has 0 aliphatic heterocycles. The van der Waals surface area contributed by atoms with Crippen LogP contribution in [0.25, 0.3) is 0 Å². The van der Waals surface area contributed by atoms with Gasteiger partial charge in [0.1, 0.15) is 6.61 Å². The molecule has 8 heteroatoms. The number of nitrogens with zero attached hydrogens (tertiary/aromatic N) is 1. The van der Waals surface area contributed by atoms with E-state index in [1.807, 2.05) is 63.2 Å². The quantitative estimate of drug-likeness (QED) is 0.164. The third kappa shape index (κ3) is 7.61. The highest BCUT2D eigenvalue weighted by Crippen LogP contribution is 2.34. The van der Waals surface area contributed by atoms with E-state index in [0.29, 0.717) is 55.0 Å². The molecule has 0 heterocycles. The normalized spacial score (nSPS) is 10.7. The lowest BCUT2D eigenvalue weighted by atomic mass is 10.2.